The molecule has 1 rings (SSSR count). The van der Waals surface area contributed by atoms with Gasteiger partial charge < -0.3 is 5.11 Å². The summed E-state index contributed by atoms with van der Waals surface area (Å²) in [6, 6.07) is 3.91. The van der Waals surface area contributed by atoms with Gasteiger partial charge in [-0.1, -0.05) is 13.3 Å². The second-order valence-electron chi connectivity index (χ2n) is 3.21. The quantitative estimate of drug-likeness (QED) is 0.803. The average Bonchev–Trinajstić information content (AvgIpc) is 2.16. The van der Waals surface area contributed by atoms with E-state index in [1.807, 2.05) is 6.92 Å². The molecule has 1 aromatic carbocycles. The van der Waals surface area contributed by atoms with Gasteiger partial charge in [-0.15, -0.1) is 0 Å². The molecule has 2 nitrogen and oxygen atoms in total. The predicted octanol–water partition coefficient (Wildman–Crippen LogP) is 2.87. The van der Waals surface area contributed by atoms with Crippen LogP contribution in [0.15, 0.2) is 18.2 Å². The fraction of sp³-hybridized carbons (Fsp3) is 0.364. The lowest BCUT2D eigenvalue weighted by molar-refractivity contribution is 0.0696. The zero-order chi connectivity index (χ0) is 10.6. The molecule has 0 radical (unpaired) electrons. The van der Waals surface area contributed by atoms with Crippen molar-refractivity contribution >= 4 is 5.97 Å². The Morgan fingerprint density at radius 1 is 1.50 bits per heavy atom. The molecule has 1 aromatic rings. The first-order valence-corrected chi connectivity index (χ1v) is 4.67. The van der Waals surface area contributed by atoms with Crippen LogP contribution in [0.5, 0.6) is 0 Å². The van der Waals surface area contributed by atoms with Crippen molar-refractivity contribution in [3.8, 4) is 0 Å². The standard InChI is InChI=1S/C11H13FO2/c1-2-3-4-8-7-9(11(13)14)5-6-10(8)12/h5-7H,2-4H2,1H3,(H,13,14). The summed E-state index contributed by atoms with van der Waals surface area (Å²) in [6.07, 6.45) is 2.44. The molecule has 0 aliphatic heterocycles. The lowest BCUT2D eigenvalue weighted by Gasteiger charge is -2.03. The number of aryl methyl sites for hydroxylation is 1. The molecular formula is C11H13FO2. The minimum absolute atomic E-state index is 0.150. The van der Waals surface area contributed by atoms with Crippen molar-refractivity contribution in [3.63, 3.8) is 0 Å². The molecule has 0 atom stereocenters. The molecule has 0 unspecified atom stereocenters. The first kappa shape index (κ1) is 10.7. The molecule has 0 aromatic heterocycles. The van der Waals surface area contributed by atoms with E-state index in [0.717, 1.165) is 12.8 Å². The van der Waals surface area contributed by atoms with Gasteiger partial charge in [0.2, 0.25) is 0 Å². The van der Waals surface area contributed by atoms with Crippen molar-refractivity contribution in [1.82, 2.24) is 0 Å². The molecule has 0 aliphatic carbocycles. The highest BCUT2D eigenvalue weighted by atomic mass is 19.1. The number of carbonyl (C=O) groups is 1. The molecule has 0 bridgehead atoms. The number of benzene rings is 1. The summed E-state index contributed by atoms with van der Waals surface area (Å²) in [5.41, 5.74) is 0.643. The highest BCUT2D eigenvalue weighted by Gasteiger charge is 2.07. The van der Waals surface area contributed by atoms with Gasteiger partial charge in [-0.05, 0) is 36.6 Å². The summed E-state index contributed by atoms with van der Waals surface area (Å²) in [7, 11) is 0. The third-order valence-electron chi connectivity index (χ3n) is 2.09. The number of halogens is 1. The number of carboxylic acids is 1. The van der Waals surface area contributed by atoms with E-state index < -0.39 is 5.97 Å². The number of rotatable bonds is 4. The molecule has 0 spiro atoms. The summed E-state index contributed by atoms with van der Waals surface area (Å²) in [5.74, 6) is -1.33. The summed E-state index contributed by atoms with van der Waals surface area (Å²) in [4.78, 5) is 10.6. The second-order valence-corrected chi connectivity index (χ2v) is 3.21. The maximum Gasteiger partial charge on any atom is 0.335 e. The first-order valence-electron chi connectivity index (χ1n) is 4.67. The zero-order valence-electron chi connectivity index (χ0n) is 8.09. The smallest absolute Gasteiger partial charge is 0.335 e. The topological polar surface area (TPSA) is 37.3 Å². The van der Waals surface area contributed by atoms with Gasteiger partial charge in [0.05, 0.1) is 5.56 Å². The van der Waals surface area contributed by atoms with Crippen molar-refractivity contribution in [1.29, 1.82) is 0 Å². The summed E-state index contributed by atoms with van der Waals surface area (Å²) >= 11 is 0. The van der Waals surface area contributed by atoms with Crippen LogP contribution in [-0.4, -0.2) is 11.1 Å². The fourth-order valence-corrected chi connectivity index (χ4v) is 1.27. The van der Waals surface area contributed by atoms with Crippen molar-refractivity contribution < 1.29 is 14.3 Å². The number of hydrogen-bond donors (Lipinski definition) is 1. The Morgan fingerprint density at radius 3 is 2.79 bits per heavy atom. The van der Waals surface area contributed by atoms with Crippen LogP contribution in [0.25, 0.3) is 0 Å². The Kier molecular flexibility index (Phi) is 3.63. The number of unbranched alkanes of at least 4 members (excludes halogenated alkanes) is 1. The minimum atomic E-state index is -1.01. The maximum atomic E-state index is 13.2. The van der Waals surface area contributed by atoms with Crippen LogP contribution in [0.2, 0.25) is 0 Å². The predicted molar refractivity (Wildman–Crippen MR) is 52.0 cm³/mol. The Balaban J connectivity index is 2.90. The van der Waals surface area contributed by atoms with Gasteiger partial charge in [-0.2, -0.15) is 0 Å². The zero-order valence-corrected chi connectivity index (χ0v) is 8.09. The Morgan fingerprint density at radius 2 is 2.21 bits per heavy atom. The summed E-state index contributed by atoms with van der Waals surface area (Å²) < 4.78 is 13.2. The summed E-state index contributed by atoms with van der Waals surface area (Å²) in [6.45, 7) is 2.01. The van der Waals surface area contributed by atoms with Crippen LogP contribution < -0.4 is 0 Å². The van der Waals surface area contributed by atoms with Crippen molar-refractivity contribution in [2.24, 2.45) is 0 Å². The average molecular weight is 196 g/mol. The van der Waals surface area contributed by atoms with Crippen molar-refractivity contribution in [2.45, 2.75) is 26.2 Å². The molecule has 0 fully saturated rings. The van der Waals surface area contributed by atoms with Gasteiger partial charge in [0.25, 0.3) is 0 Å². The molecule has 14 heavy (non-hydrogen) atoms. The maximum absolute atomic E-state index is 13.2. The van der Waals surface area contributed by atoms with Crippen LogP contribution >= 0.6 is 0 Å². The molecule has 0 heterocycles. The normalized spacial score (nSPS) is 10.1. The second kappa shape index (κ2) is 4.74. The third-order valence-corrected chi connectivity index (χ3v) is 2.09. The SMILES string of the molecule is CCCCc1cc(C(=O)O)ccc1F. The van der Waals surface area contributed by atoms with E-state index in [-0.39, 0.29) is 11.4 Å². The third kappa shape index (κ3) is 2.55. The van der Waals surface area contributed by atoms with Gasteiger partial charge in [0.15, 0.2) is 0 Å². The molecule has 0 amide bonds. The molecule has 0 aliphatic rings. The van der Waals surface area contributed by atoms with E-state index in [1.165, 1.54) is 18.2 Å². The number of hydrogen-bond acceptors (Lipinski definition) is 1. The van der Waals surface area contributed by atoms with E-state index >= 15 is 0 Å². The lowest BCUT2D eigenvalue weighted by atomic mass is 10.0. The number of carboxylic acid groups (broad SMARTS) is 1. The molecule has 0 saturated carbocycles. The summed E-state index contributed by atoms with van der Waals surface area (Å²) in [5, 5.41) is 8.70. The van der Waals surface area contributed by atoms with E-state index in [4.69, 9.17) is 5.11 Å². The van der Waals surface area contributed by atoms with Crippen molar-refractivity contribution in [3.05, 3.63) is 35.1 Å². The Hall–Kier alpha value is -1.38. The highest BCUT2D eigenvalue weighted by Crippen LogP contribution is 2.13. The highest BCUT2D eigenvalue weighted by molar-refractivity contribution is 5.87. The lowest BCUT2D eigenvalue weighted by Crippen LogP contribution is -1.99. The van der Waals surface area contributed by atoms with E-state index in [2.05, 4.69) is 0 Å². The monoisotopic (exact) mass is 196 g/mol. The molecule has 76 valence electrons. The molecule has 3 heteroatoms. The van der Waals surface area contributed by atoms with Crippen LogP contribution in [0.1, 0.15) is 35.7 Å². The van der Waals surface area contributed by atoms with Gasteiger partial charge in [-0.3, -0.25) is 0 Å². The van der Waals surface area contributed by atoms with Crippen LogP contribution in [0, 0.1) is 5.82 Å². The molecule has 0 saturated heterocycles. The van der Waals surface area contributed by atoms with Crippen LogP contribution in [0.3, 0.4) is 0 Å². The van der Waals surface area contributed by atoms with Gasteiger partial charge in [0, 0.05) is 0 Å². The molecular weight excluding hydrogens is 183 g/mol. The van der Waals surface area contributed by atoms with Crippen molar-refractivity contribution in [2.75, 3.05) is 0 Å². The van der Waals surface area contributed by atoms with Gasteiger partial charge in [0.1, 0.15) is 5.82 Å². The van der Waals surface area contributed by atoms with Crippen LogP contribution in [-0.2, 0) is 6.42 Å². The molecule has 1 N–H and O–H groups in total. The minimum Gasteiger partial charge on any atom is -0.478 e. The fourth-order valence-electron chi connectivity index (χ4n) is 1.27. The van der Waals surface area contributed by atoms with E-state index in [0.29, 0.717) is 12.0 Å². The Bertz CT molecular complexity index is 334. The van der Waals surface area contributed by atoms with E-state index in [9.17, 15) is 9.18 Å². The number of aromatic carboxylic acids is 1. The largest absolute Gasteiger partial charge is 0.478 e. The van der Waals surface area contributed by atoms with Crippen LogP contribution in [0.4, 0.5) is 4.39 Å². The van der Waals surface area contributed by atoms with Gasteiger partial charge in [-0.25, -0.2) is 9.18 Å². The Labute approximate surface area is 82.4 Å². The first-order chi connectivity index (χ1) is 6.65. The van der Waals surface area contributed by atoms with Gasteiger partial charge >= 0.3 is 5.97 Å². The van der Waals surface area contributed by atoms with E-state index in [1.54, 1.807) is 0 Å².